The highest BCUT2D eigenvalue weighted by atomic mass is 79.9. The molecule has 22 heavy (non-hydrogen) atoms. The van der Waals surface area contributed by atoms with E-state index in [0.717, 1.165) is 15.7 Å². The first kappa shape index (κ1) is 14.9. The van der Waals surface area contributed by atoms with Gasteiger partial charge in [0.15, 0.2) is 11.5 Å². The molecule has 4 nitrogen and oxygen atoms in total. The van der Waals surface area contributed by atoms with E-state index in [0.29, 0.717) is 11.5 Å². The summed E-state index contributed by atoms with van der Waals surface area (Å²) < 4.78 is 12.5. The highest BCUT2D eigenvalue weighted by Gasteiger charge is 2.40. The molecule has 0 spiro atoms. The third-order valence-electron chi connectivity index (χ3n) is 3.60. The average molecular weight is 362 g/mol. The SMILES string of the molecule is Cc1cc(Br)ccc1NC(=O)C1(C)COc2ccccc2O1. The fraction of sp³-hybridized carbons (Fsp3) is 0.235. The number of nitrogens with one attached hydrogen (secondary N) is 1. The Morgan fingerprint density at radius 3 is 2.68 bits per heavy atom. The number of halogens is 1. The van der Waals surface area contributed by atoms with E-state index in [1.54, 1.807) is 13.0 Å². The summed E-state index contributed by atoms with van der Waals surface area (Å²) in [6.07, 6.45) is 0. The maximum Gasteiger partial charge on any atom is 0.271 e. The van der Waals surface area contributed by atoms with Gasteiger partial charge in [-0.15, -0.1) is 0 Å². The molecular formula is C17H16BrNO3. The average Bonchev–Trinajstić information content (AvgIpc) is 2.50. The van der Waals surface area contributed by atoms with Crippen molar-refractivity contribution in [1.29, 1.82) is 0 Å². The molecule has 1 atom stereocenters. The Hall–Kier alpha value is -2.01. The summed E-state index contributed by atoms with van der Waals surface area (Å²) in [7, 11) is 0. The number of para-hydroxylation sites is 2. The molecule has 1 unspecified atom stereocenters. The van der Waals surface area contributed by atoms with Gasteiger partial charge in [0.1, 0.15) is 6.61 Å². The minimum atomic E-state index is -1.06. The van der Waals surface area contributed by atoms with Crippen LogP contribution in [0, 0.1) is 6.92 Å². The van der Waals surface area contributed by atoms with Crippen LogP contribution in [0.1, 0.15) is 12.5 Å². The molecule has 2 aromatic carbocycles. The molecule has 0 saturated carbocycles. The van der Waals surface area contributed by atoms with Crippen molar-refractivity contribution < 1.29 is 14.3 Å². The highest BCUT2D eigenvalue weighted by molar-refractivity contribution is 9.10. The van der Waals surface area contributed by atoms with E-state index in [2.05, 4.69) is 21.2 Å². The molecule has 1 heterocycles. The van der Waals surface area contributed by atoms with Gasteiger partial charge in [-0.1, -0.05) is 28.1 Å². The summed E-state index contributed by atoms with van der Waals surface area (Å²) in [6, 6.07) is 13.0. The van der Waals surface area contributed by atoms with Crippen LogP contribution < -0.4 is 14.8 Å². The van der Waals surface area contributed by atoms with Crippen LogP contribution in [0.3, 0.4) is 0 Å². The quantitative estimate of drug-likeness (QED) is 0.881. The molecule has 0 saturated heterocycles. The van der Waals surface area contributed by atoms with Crippen LogP contribution in [0.5, 0.6) is 11.5 Å². The Kier molecular flexibility index (Phi) is 3.83. The lowest BCUT2D eigenvalue weighted by Gasteiger charge is -2.34. The van der Waals surface area contributed by atoms with Gasteiger partial charge in [0.2, 0.25) is 5.60 Å². The summed E-state index contributed by atoms with van der Waals surface area (Å²) in [5.41, 5.74) is 0.675. The number of rotatable bonds is 2. The predicted octanol–water partition coefficient (Wildman–Crippen LogP) is 3.93. The Labute approximate surface area is 137 Å². The van der Waals surface area contributed by atoms with Crippen molar-refractivity contribution in [2.75, 3.05) is 11.9 Å². The number of ether oxygens (including phenoxy) is 2. The number of benzene rings is 2. The van der Waals surface area contributed by atoms with Crippen molar-refractivity contribution in [2.24, 2.45) is 0 Å². The molecule has 1 N–H and O–H groups in total. The summed E-state index contributed by atoms with van der Waals surface area (Å²) in [6.45, 7) is 3.84. The molecule has 0 bridgehead atoms. The lowest BCUT2D eigenvalue weighted by Crippen LogP contribution is -2.52. The number of carbonyl (C=O) groups is 1. The molecule has 1 aliphatic rings. The van der Waals surface area contributed by atoms with Crippen LogP contribution in [0.4, 0.5) is 5.69 Å². The second-order valence-corrected chi connectivity index (χ2v) is 6.40. The van der Waals surface area contributed by atoms with Gasteiger partial charge in [-0.2, -0.15) is 0 Å². The van der Waals surface area contributed by atoms with E-state index in [4.69, 9.17) is 9.47 Å². The third kappa shape index (κ3) is 2.81. The summed E-state index contributed by atoms with van der Waals surface area (Å²) in [4.78, 5) is 12.6. The molecule has 1 amide bonds. The van der Waals surface area contributed by atoms with Crippen molar-refractivity contribution in [3.05, 3.63) is 52.5 Å². The number of aryl methyl sites for hydroxylation is 1. The Morgan fingerprint density at radius 2 is 1.95 bits per heavy atom. The van der Waals surface area contributed by atoms with Crippen molar-refractivity contribution in [1.82, 2.24) is 0 Å². The van der Waals surface area contributed by atoms with E-state index in [-0.39, 0.29) is 12.5 Å². The summed E-state index contributed by atoms with van der Waals surface area (Å²) >= 11 is 3.41. The van der Waals surface area contributed by atoms with Crippen molar-refractivity contribution in [3.8, 4) is 11.5 Å². The predicted molar refractivity (Wildman–Crippen MR) is 88.5 cm³/mol. The molecule has 0 radical (unpaired) electrons. The number of hydrogen-bond acceptors (Lipinski definition) is 3. The molecule has 114 valence electrons. The fourth-order valence-corrected chi connectivity index (χ4v) is 2.75. The lowest BCUT2D eigenvalue weighted by atomic mass is 10.0. The maximum absolute atomic E-state index is 12.6. The number of amides is 1. The van der Waals surface area contributed by atoms with Gasteiger partial charge in [0.05, 0.1) is 0 Å². The topological polar surface area (TPSA) is 47.6 Å². The van der Waals surface area contributed by atoms with Gasteiger partial charge < -0.3 is 14.8 Å². The van der Waals surface area contributed by atoms with Crippen molar-refractivity contribution >= 4 is 27.5 Å². The molecular weight excluding hydrogens is 346 g/mol. The first-order valence-electron chi connectivity index (χ1n) is 6.96. The highest BCUT2D eigenvalue weighted by Crippen LogP contribution is 2.35. The zero-order chi connectivity index (χ0) is 15.7. The molecule has 0 fully saturated rings. The summed E-state index contributed by atoms with van der Waals surface area (Å²) in [5, 5.41) is 2.91. The smallest absolute Gasteiger partial charge is 0.271 e. The van der Waals surface area contributed by atoms with E-state index >= 15 is 0 Å². The number of carbonyl (C=O) groups excluding carboxylic acids is 1. The van der Waals surface area contributed by atoms with Crippen LogP contribution >= 0.6 is 15.9 Å². The van der Waals surface area contributed by atoms with Crippen LogP contribution in [-0.2, 0) is 4.79 Å². The lowest BCUT2D eigenvalue weighted by molar-refractivity contribution is -0.134. The standard InChI is InChI=1S/C17H16BrNO3/c1-11-9-12(18)7-8-13(11)19-16(20)17(2)10-21-14-5-3-4-6-15(14)22-17/h3-9H,10H2,1-2H3,(H,19,20). The monoisotopic (exact) mass is 361 g/mol. The van der Waals surface area contributed by atoms with E-state index < -0.39 is 5.60 Å². The van der Waals surface area contributed by atoms with E-state index in [9.17, 15) is 4.79 Å². The minimum Gasteiger partial charge on any atom is -0.485 e. The molecule has 0 aromatic heterocycles. The van der Waals surface area contributed by atoms with Crippen LogP contribution in [0.2, 0.25) is 0 Å². The van der Waals surface area contributed by atoms with Crippen molar-refractivity contribution in [2.45, 2.75) is 19.4 Å². The Morgan fingerprint density at radius 1 is 1.23 bits per heavy atom. The summed E-state index contributed by atoms with van der Waals surface area (Å²) in [5.74, 6) is 1.01. The first-order valence-corrected chi connectivity index (χ1v) is 7.76. The number of hydrogen-bond donors (Lipinski definition) is 1. The van der Waals surface area contributed by atoms with E-state index in [1.807, 2.05) is 43.3 Å². The first-order chi connectivity index (χ1) is 10.5. The minimum absolute atomic E-state index is 0.172. The van der Waals surface area contributed by atoms with Gasteiger partial charge in [-0.05, 0) is 49.7 Å². The van der Waals surface area contributed by atoms with Gasteiger partial charge in [-0.3, -0.25) is 4.79 Å². The molecule has 3 rings (SSSR count). The number of fused-ring (bicyclic) bond motifs is 1. The largest absolute Gasteiger partial charge is 0.485 e. The van der Waals surface area contributed by atoms with Crippen LogP contribution in [-0.4, -0.2) is 18.1 Å². The van der Waals surface area contributed by atoms with Crippen LogP contribution in [0.25, 0.3) is 0 Å². The molecule has 1 aliphatic heterocycles. The zero-order valence-electron chi connectivity index (χ0n) is 12.4. The molecule has 2 aromatic rings. The van der Waals surface area contributed by atoms with E-state index in [1.165, 1.54) is 0 Å². The van der Waals surface area contributed by atoms with Crippen molar-refractivity contribution in [3.63, 3.8) is 0 Å². The second-order valence-electron chi connectivity index (χ2n) is 5.48. The zero-order valence-corrected chi connectivity index (χ0v) is 13.9. The second kappa shape index (κ2) is 5.65. The van der Waals surface area contributed by atoms with Gasteiger partial charge in [-0.25, -0.2) is 0 Å². The Balaban J connectivity index is 1.80. The van der Waals surface area contributed by atoms with Gasteiger partial charge in [0, 0.05) is 10.2 Å². The fourth-order valence-electron chi connectivity index (χ4n) is 2.28. The molecule has 5 heteroatoms. The maximum atomic E-state index is 12.6. The number of anilines is 1. The normalized spacial score (nSPS) is 19.6. The van der Waals surface area contributed by atoms with Crippen LogP contribution in [0.15, 0.2) is 46.9 Å². The molecule has 0 aliphatic carbocycles. The third-order valence-corrected chi connectivity index (χ3v) is 4.10. The Bertz CT molecular complexity index is 732. The van der Waals surface area contributed by atoms with Gasteiger partial charge in [0.25, 0.3) is 5.91 Å². The van der Waals surface area contributed by atoms with Gasteiger partial charge >= 0.3 is 0 Å².